The first-order chi connectivity index (χ1) is 9.53. The largest absolute Gasteiger partial charge is 0.316 e. The van der Waals surface area contributed by atoms with Gasteiger partial charge in [-0.05, 0) is 18.7 Å². The van der Waals surface area contributed by atoms with Crippen LogP contribution in [0.25, 0.3) is 0 Å². The molecule has 0 saturated heterocycles. The predicted octanol–water partition coefficient (Wildman–Crippen LogP) is 0.0130. The molecule has 0 radical (unpaired) electrons. The lowest BCUT2D eigenvalue weighted by Gasteiger charge is -2.10. The van der Waals surface area contributed by atoms with Crippen molar-refractivity contribution in [2.24, 2.45) is 7.05 Å². The minimum atomic E-state index is -3.58. The molecule has 1 heterocycles. The van der Waals surface area contributed by atoms with Crippen LogP contribution in [0.2, 0.25) is 0 Å². The van der Waals surface area contributed by atoms with Crippen molar-refractivity contribution in [1.29, 1.82) is 0 Å². The van der Waals surface area contributed by atoms with Crippen LogP contribution in [0.1, 0.15) is 11.4 Å². The van der Waals surface area contributed by atoms with Crippen molar-refractivity contribution in [2.45, 2.75) is 18.0 Å². The molecular formula is C12H17N5O2S. The van der Waals surface area contributed by atoms with E-state index in [0.717, 1.165) is 5.56 Å². The summed E-state index contributed by atoms with van der Waals surface area (Å²) in [5.41, 5.74) is 0.719. The minimum absolute atomic E-state index is 0.0665. The minimum Gasteiger partial charge on any atom is -0.316 e. The van der Waals surface area contributed by atoms with E-state index >= 15 is 0 Å². The molecule has 0 fully saturated rings. The second-order valence-electron chi connectivity index (χ2n) is 4.30. The summed E-state index contributed by atoms with van der Waals surface area (Å²) in [7, 11) is -0.0795. The van der Waals surface area contributed by atoms with E-state index in [4.69, 9.17) is 0 Å². The second-order valence-corrected chi connectivity index (χ2v) is 6.03. The fraction of sp³-hybridized carbons (Fsp3) is 0.333. The van der Waals surface area contributed by atoms with Crippen molar-refractivity contribution in [1.82, 2.24) is 24.8 Å². The van der Waals surface area contributed by atoms with Crippen molar-refractivity contribution < 1.29 is 8.42 Å². The number of benzene rings is 1. The van der Waals surface area contributed by atoms with Crippen molar-refractivity contribution in [2.75, 3.05) is 7.05 Å². The lowest BCUT2D eigenvalue weighted by atomic mass is 10.2. The maximum absolute atomic E-state index is 12.3. The Labute approximate surface area is 118 Å². The van der Waals surface area contributed by atoms with Gasteiger partial charge in [-0.2, -0.15) is 5.10 Å². The van der Waals surface area contributed by atoms with Gasteiger partial charge in [0.2, 0.25) is 10.0 Å². The molecule has 7 nitrogen and oxygen atoms in total. The Morgan fingerprint density at radius 2 is 2.00 bits per heavy atom. The van der Waals surface area contributed by atoms with Crippen LogP contribution in [0.5, 0.6) is 0 Å². The van der Waals surface area contributed by atoms with E-state index in [1.165, 1.54) is 11.0 Å². The Morgan fingerprint density at radius 3 is 2.65 bits per heavy atom. The number of sulfonamides is 1. The van der Waals surface area contributed by atoms with Crippen LogP contribution >= 0.6 is 0 Å². The molecular weight excluding hydrogens is 278 g/mol. The van der Waals surface area contributed by atoms with Crippen molar-refractivity contribution in [3.63, 3.8) is 0 Å². The quantitative estimate of drug-likeness (QED) is 0.784. The second kappa shape index (κ2) is 6.12. The average molecular weight is 295 g/mol. The summed E-state index contributed by atoms with van der Waals surface area (Å²) in [5, 5.41) is 6.99. The number of hydrogen-bond acceptors (Lipinski definition) is 5. The maximum atomic E-state index is 12.3. The van der Waals surface area contributed by atoms with E-state index in [-0.39, 0.29) is 11.4 Å². The number of hydrogen-bond donors (Lipinski definition) is 2. The third kappa shape index (κ3) is 3.41. The molecule has 0 unspecified atom stereocenters. The third-order valence-corrected chi connectivity index (χ3v) is 4.20. The molecule has 0 spiro atoms. The van der Waals surface area contributed by atoms with Gasteiger partial charge in [-0.25, -0.2) is 18.1 Å². The Balaban J connectivity index is 2.18. The van der Waals surface area contributed by atoms with E-state index in [9.17, 15) is 8.42 Å². The van der Waals surface area contributed by atoms with Gasteiger partial charge in [-0.1, -0.05) is 18.2 Å². The molecule has 0 atom stereocenters. The first-order valence-corrected chi connectivity index (χ1v) is 7.58. The van der Waals surface area contributed by atoms with Crippen LogP contribution in [-0.4, -0.2) is 30.2 Å². The van der Waals surface area contributed by atoms with Gasteiger partial charge < -0.3 is 5.32 Å². The summed E-state index contributed by atoms with van der Waals surface area (Å²) in [6.45, 7) is 0.552. The van der Waals surface area contributed by atoms with E-state index in [1.54, 1.807) is 32.3 Å². The zero-order valence-corrected chi connectivity index (χ0v) is 12.2. The Hall–Kier alpha value is -1.77. The highest BCUT2D eigenvalue weighted by Crippen LogP contribution is 2.15. The third-order valence-electron chi connectivity index (χ3n) is 2.70. The van der Waals surface area contributed by atoms with Crippen LogP contribution < -0.4 is 10.0 Å². The standard InChI is InChI=1S/C12H17N5O2S/c1-13-7-10-5-3-4-6-11(10)20(18,19)15-8-12-14-9-17(2)16-12/h3-6,9,13,15H,7-8H2,1-2H3. The highest BCUT2D eigenvalue weighted by molar-refractivity contribution is 7.89. The fourth-order valence-corrected chi connectivity index (χ4v) is 3.02. The molecule has 0 bridgehead atoms. The number of nitrogens with zero attached hydrogens (tertiary/aromatic N) is 3. The van der Waals surface area contributed by atoms with Crippen LogP contribution in [-0.2, 0) is 30.2 Å². The van der Waals surface area contributed by atoms with E-state index in [2.05, 4.69) is 20.1 Å². The molecule has 20 heavy (non-hydrogen) atoms. The molecule has 0 amide bonds. The summed E-state index contributed by atoms with van der Waals surface area (Å²) in [5.74, 6) is 0.433. The van der Waals surface area contributed by atoms with E-state index in [1.807, 2.05) is 6.07 Å². The van der Waals surface area contributed by atoms with Gasteiger partial charge in [-0.3, -0.25) is 4.68 Å². The van der Waals surface area contributed by atoms with Gasteiger partial charge >= 0.3 is 0 Å². The number of nitrogens with one attached hydrogen (secondary N) is 2. The van der Waals surface area contributed by atoms with Gasteiger partial charge in [0, 0.05) is 13.6 Å². The summed E-state index contributed by atoms with van der Waals surface area (Å²) < 4.78 is 28.6. The molecule has 0 aliphatic heterocycles. The predicted molar refractivity (Wildman–Crippen MR) is 74.2 cm³/mol. The Bertz CT molecular complexity index is 681. The van der Waals surface area contributed by atoms with Crippen molar-refractivity contribution >= 4 is 10.0 Å². The Morgan fingerprint density at radius 1 is 1.25 bits per heavy atom. The lowest BCUT2D eigenvalue weighted by molar-refractivity contribution is 0.576. The molecule has 2 N–H and O–H groups in total. The SMILES string of the molecule is CNCc1ccccc1S(=O)(=O)NCc1ncn(C)n1. The highest BCUT2D eigenvalue weighted by atomic mass is 32.2. The van der Waals surface area contributed by atoms with Gasteiger partial charge in [-0.15, -0.1) is 0 Å². The first-order valence-electron chi connectivity index (χ1n) is 6.09. The summed E-state index contributed by atoms with van der Waals surface area (Å²) in [6.07, 6.45) is 1.53. The molecule has 0 aliphatic carbocycles. The fourth-order valence-electron chi connectivity index (χ4n) is 1.80. The summed E-state index contributed by atoms with van der Waals surface area (Å²) in [4.78, 5) is 4.25. The molecule has 2 aromatic rings. The molecule has 1 aromatic heterocycles. The smallest absolute Gasteiger partial charge is 0.241 e. The van der Waals surface area contributed by atoms with Gasteiger partial charge in [0.1, 0.15) is 6.33 Å². The molecule has 108 valence electrons. The molecule has 2 rings (SSSR count). The van der Waals surface area contributed by atoms with Gasteiger partial charge in [0.25, 0.3) is 0 Å². The van der Waals surface area contributed by atoms with Gasteiger partial charge in [0.05, 0.1) is 11.4 Å². The number of aryl methyl sites for hydroxylation is 1. The van der Waals surface area contributed by atoms with Gasteiger partial charge in [0.15, 0.2) is 5.82 Å². The molecule has 0 aliphatic rings. The molecule has 1 aromatic carbocycles. The van der Waals surface area contributed by atoms with E-state index < -0.39 is 10.0 Å². The van der Waals surface area contributed by atoms with Crippen molar-refractivity contribution in [3.8, 4) is 0 Å². The monoisotopic (exact) mass is 295 g/mol. The molecule has 8 heteroatoms. The zero-order chi connectivity index (χ0) is 14.6. The zero-order valence-electron chi connectivity index (χ0n) is 11.4. The number of rotatable bonds is 6. The van der Waals surface area contributed by atoms with Crippen LogP contribution in [0.4, 0.5) is 0 Å². The maximum Gasteiger partial charge on any atom is 0.241 e. The van der Waals surface area contributed by atoms with E-state index in [0.29, 0.717) is 12.4 Å². The normalized spacial score (nSPS) is 11.7. The highest BCUT2D eigenvalue weighted by Gasteiger charge is 2.18. The molecule has 0 saturated carbocycles. The van der Waals surface area contributed by atoms with Crippen LogP contribution in [0.15, 0.2) is 35.5 Å². The van der Waals surface area contributed by atoms with Crippen LogP contribution in [0.3, 0.4) is 0 Å². The summed E-state index contributed by atoms with van der Waals surface area (Å²) in [6, 6.07) is 6.88. The topological polar surface area (TPSA) is 88.9 Å². The number of aromatic nitrogens is 3. The van der Waals surface area contributed by atoms with Crippen LogP contribution in [0, 0.1) is 0 Å². The summed E-state index contributed by atoms with van der Waals surface area (Å²) >= 11 is 0. The average Bonchev–Trinajstić information content (AvgIpc) is 2.83. The Kier molecular flexibility index (Phi) is 4.48. The van der Waals surface area contributed by atoms with Crippen molar-refractivity contribution in [3.05, 3.63) is 42.0 Å². The lowest BCUT2D eigenvalue weighted by Crippen LogP contribution is -2.25. The first kappa shape index (κ1) is 14.6.